The molecule has 3 heterocycles. The summed E-state index contributed by atoms with van der Waals surface area (Å²) in [6, 6.07) is 4.23. The number of nitrogens with zero attached hydrogens (tertiary/aromatic N) is 1. The summed E-state index contributed by atoms with van der Waals surface area (Å²) >= 11 is 0. The normalized spacial score (nSPS) is 24.9. The minimum Gasteiger partial charge on any atom is -0.322 e. The Morgan fingerprint density at radius 1 is 1.15 bits per heavy atom. The van der Waals surface area contributed by atoms with E-state index < -0.39 is 23.8 Å². The molecule has 1 aromatic rings. The van der Waals surface area contributed by atoms with Gasteiger partial charge in [0.05, 0.1) is 5.41 Å². The van der Waals surface area contributed by atoms with Crippen LogP contribution in [0.5, 0.6) is 0 Å². The van der Waals surface area contributed by atoms with Crippen molar-refractivity contribution >= 4 is 17.7 Å². The fourth-order valence-electron chi connectivity index (χ4n) is 4.39. The SMILES string of the molecule is O=C1CCC(N2Cc3cc(C4(C(F)F)CCNCC4)ccc3C2=O)C(=O)N1. The van der Waals surface area contributed by atoms with E-state index in [4.69, 9.17) is 0 Å². The van der Waals surface area contributed by atoms with Crippen molar-refractivity contribution in [3.05, 3.63) is 34.9 Å². The number of carbonyl (C=O) groups is 3. The standard InChI is InChI=1S/C19H21F2N3O3/c20-18(21)19(5-7-22-8-6-19)12-1-2-13-11(9-12)10-24(17(13)27)14-3-4-15(25)23-16(14)26/h1-2,9,14,18,22H,3-8,10H2,(H,23,25,26). The van der Waals surface area contributed by atoms with Gasteiger partial charge in [-0.3, -0.25) is 19.7 Å². The maximum atomic E-state index is 14.0. The molecular formula is C19H21F2N3O3. The molecule has 8 heteroatoms. The van der Waals surface area contributed by atoms with Crippen LogP contribution in [-0.2, 0) is 21.5 Å². The average molecular weight is 377 g/mol. The van der Waals surface area contributed by atoms with E-state index in [1.807, 2.05) is 0 Å². The quantitative estimate of drug-likeness (QED) is 0.779. The van der Waals surface area contributed by atoms with Crippen molar-refractivity contribution in [3.8, 4) is 0 Å². The van der Waals surface area contributed by atoms with Gasteiger partial charge in [0, 0.05) is 18.5 Å². The molecule has 1 unspecified atom stereocenters. The van der Waals surface area contributed by atoms with Gasteiger partial charge in [-0.1, -0.05) is 12.1 Å². The highest BCUT2D eigenvalue weighted by Gasteiger charge is 2.44. The molecule has 4 rings (SSSR count). The highest BCUT2D eigenvalue weighted by Crippen LogP contribution is 2.41. The number of amides is 3. The van der Waals surface area contributed by atoms with Crippen molar-refractivity contribution in [3.63, 3.8) is 0 Å². The predicted octanol–water partition coefficient (Wildman–Crippen LogP) is 1.33. The van der Waals surface area contributed by atoms with Crippen molar-refractivity contribution < 1.29 is 23.2 Å². The zero-order valence-corrected chi connectivity index (χ0v) is 14.8. The van der Waals surface area contributed by atoms with Gasteiger partial charge in [0.2, 0.25) is 18.2 Å². The summed E-state index contributed by atoms with van der Waals surface area (Å²) in [5, 5.41) is 5.37. The summed E-state index contributed by atoms with van der Waals surface area (Å²) in [5.74, 6) is -1.11. The van der Waals surface area contributed by atoms with E-state index in [0.29, 0.717) is 42.6 Å². The van der Waals surface area contributed by atoms with Crippen LogP contribution in [0.3, 0.4) is 0 Å². The van der Waals surface area contributed by atoms with Crippen LogP contribution in [0.25, 0.3) is 0 Å². The third-order valence-corrected chi connectivity index (χ3v) is 6.01. The van der Waals surface area contributed by atoms with Gasteiger partial charge in [0.15, 0.2) is 0 Å². The monoisotopic (exact) mass is 377 g/mol. The molecule has 0 saturated carbocycles. The number of halogens is 2. The number of alkyl halides is 2. The molecule has 0 spiro atoms. The molecule has 1 aromatic carbocycles. The van der Waals surface area contributed by atoms with Gasteiger partial charge < -0.3 is 10.2 Å². The van der Waals surface area contributed by atoms with Crippen LogP contribution in [0, 0.1) is 0 Å². The Labute approximate surface area is 155 Å². The lowest BCUT2D eigenvalue weighted by atomic mass is 9.73. The number of carbonyl (C=O) groups excluding carboxylic acids is 3. The lowest BCUT2D eigenvalue weighted by molar-refractivity contribution is -0.136. The molecule has 0 aromatic heterocycles. The third-order valence-electron chi connectivity index (χ3n) is 6.01. The Morgan fingerprint density at radius 2 is 1.89 bits per heavy atom. The predicted molar refractivity (Wildman–Crippen MR) is 92.3 cm³/mol. The Balaban J connectivity index is 1.63. The number of benzene rings is 1. The zero-order chi connectivity index (χ0) is 19.2. The smallest absolute Gasteiger partial charge is 0.255 e. The number of hydrogen-bond donors (Lipinski definition) is 2. The molecule has 6 nitrogen and oxygen atoms in total. The summed E-state index contributed by atoms with van der Waals surface area (Å²) in [7, 11) is 0. The summed E-state index contributed by atoms with van der Waals surface area (Å²) < 4.78 is 27.9. The molecule has 2 N–H and O–H groups in total. The molecular weight excluding hydrogens is 356 g/mol. The van der Waals surface area contributed by atoms with Gasteiger partial charge >= 0.3 is 0 Å². The minimum atomic E-state index is -2.49. The summed E-state index contributed by atoms with van der Waals surface area (Å²) in [6.45, 7) is 1.26. The molecule has 3 aliphatic heterocycles. The van der Waals surface area contributed by atoms with Crippen LogP contribution in [-0.4, -0.2) is 48.2 Å². The van der Waals surface area contributed by atoms with Crippen LogP contribution < -0.4 is 10.6 Å². The Hall–Kier alpha value is -2.35. The van der Waals surface area contributed by atoms with E-state index in [-0.39, 0.29) is 31.2 Å². The van der Waals surface area contributed by atoms with E-state index in [2.05, 4.69) is 10.6 Å². The Kier molecular flexibility index (Phi) is 4.46. The van der Waals surface area contributed by atoms with E-state index >= 15 is 0 Å². The van der Waals surface area contributed by atoms with Crippen LogP contribution in [0.2, 0.25) is 0 Å². The van der Waals surface area contributed by atoms with Crippen molar-refractivity contribution in [2.24, 2.45) is 0 Å². The lowest BCUT2D eigenvalue weighted by Crippen LogP contribution is -2.52. The molecule has 0 radical (unpaired) electrons. The molecule has 2 fully saturated rings. The number of piperidine rings is 2. The van der Waals surface area contributed by atoms with Crippen molar-refractivity contribution in [2.45, 2.75) is 50.1 Å². The topological polar surface area (TPSA) is 78.5 Å². The first-order valence-corrected chi connectivity index (χ1v) is 9.19. The van der Waals surface area contributed by atoms with E-state index in [9.17, 15) is 23.2 Å². The lowest BCUT2D eigenvalue weighted by Gasteiger charge is -2.37. The average Bonchev–Trinajstić information content (AvgIpc) is 2.98. The molecule has 3 aliphatic rings. The molecule has 1 atom stereocenters. The first kappa shape index (κ1) is 18.0. The third kappa shape index (κ3) is 2.92. The van der Waals surface area contributed by atoms with Crippen LogP contribution in [0.1, 0.15) is 47.2 Å². The fraction of sp³-hybridized carbons (Fsp3) is 0.526. The molecule has 144 valence electrons. The summed E-state index contributed by atoms with van der Waals surface area (Å²) in [5.41, 5.74) is 0.462. The van der Waals surface area contributed by atoms with Crippen molar-refractivity contribution in [1.29, 1.82) is 0 Å². The molecule has 3 amide bonds. The zero-order valence-electron chi connectivity index (χ0n) is 14.8. The highest BCUT2D eigenvalue weighted by atomic mass is 19.3. The van der Waals surface area contributed by atoms with Gasteiger partial charge in [-0.05, 0) is 49.5 Å². The van der Waals surface area contributed by atoms with Gasteiger partial charge in [-0.15, -0.1) is 0 Å². The first-order valence-electron chi connectivity index (χ1n) is 9.19. The first-order chi connectivity index (χ1) is 12.9. The van der Waals surface area contributed by atoms with Gasteiger partial charge in [-0.25, -0.2) is 8.78 Å². The minimum absolute atomic E-state index is 0.184. The molecule has 2 saturated heterocycles. The number of imide groups is 1. The van der Waals surface area contributed by atoms with E-state index in [1.165, 1.54) is 4.90 Å². The van der Waals surface area contributed by atoms with Crippen LogP contribution >= 0.6 is 0 Å². The van der Waals surface area contributed by atoms with Crippen LogP contribution in [0.4, 0.5) is 8.78 Å². The van der Waals surface area contributed by atoms with Gasteiger partial charge in [-0.2, -0.15) is 0 Å². The second-order valence-corrected chi connectivity index (χ2v) is 7.48. The number of rotatable bonds is 3. The van der Waals surface area contributed by atoms with Crippen molar-refractivity contribution in [1.82, 2.24) is 15.5 Å². The Morgan fingerprint density at radius 3 is 2.56 bits per heavy atom. The van der Waals surface area contributed by atoms with E-state index in [0.717, 1.165) is 0 Å². The van der Waals surface area contributed by atoms with E-state index in [1.54, 1.807) is 18.2 Å². The molecule has 0 bridgehead atoms. The van der Waals surface area contributed by atoms with Gasteiger partial charge in [0.1, 0.15) is 6.04 Å². The number of hydrogen-bond acceptors (Lipinski definition) is 4. The largest absolute Gasteiger partial charge is 0.322 e. The highest BCUT2D eigenvalue weighted by molar-refractivity contribution is 6.05. The maximum Gasteiger partial charge on any atom is 0.255 e. The molecule has 0 aliphatic carbocycles. The fourth-order valence-corrected chi connectivity index (χ4v) is 4.39. The summed E-state index contributed by atoms with van der Waals surface area (Å²) in [4.78, 5) is 37.6. The molecule has 27 heavy (non-hydrogen) atoms. The summed E-state index contributed by atoms with van der Waals surface area (Å²) in [6.07, 6.45) is -1.34. The van der Waals surface area contributed by atoms with Crippen molar-refractivity contribution in [2.75, 3.05) is 13.1 Å². The number of fused-ring (bicyclic) bond motifs is 1. The second kappa shape index (κ2) is 6.67. The van der Waals surface area contributed by atoms with Crippen LogP contribution in [0.15, 0.2) is 18.2 Å². The Bertz CT molecular complexity index is 805. The van der Waals surface area contributed by atoms with Gasteiger partial charge in [0.25, 0.3) is 5.91 Å². The maximum absolute atomic E-state index is 14.0. The second-order valence-electron chi connectivity index (χ2n) is 7.48. The number of nitrogens with one attached hydrogen (secondary N) is 2.